The van der Waals surface area contributed by atoms with E-state index < -0.39 is 0 Å². The molecule has 0 aliphatic carbocycles. The molecule has 3 rings (SSSR count). The molecule has 23 heavy (non-hydrogen) atoms. The van der Waals surface area contributed by atoms with Crippen LogP contribution in [0.1, 0.15) is 22.6 Å². The van der Waals surface area contributed by atoms with Gasteiger partial charge < -0.3 is 4.52 Å². The Morgan fingerprint density at radius 3 is 2.39 bits per heavy atom. The minimum Gasteiger partial charge on any atom is -0.361 e. The first kappa shape index (κ1) is 16.6. The number of nitrogens with zero attached hydrogens (tertiary/aromatic N) is 3. The maximum absolute atomic E-state index is 14.1. The largest absolute Gasteiger partial charge is 0.361 e. The van der Waals surface area contributed by atoms with Crippen LogP contribution in [-0.4, -0.2) is 41.1 Å². The Hall–Kier alpha value is -1.24. The molecule has 1 saturated heterocycles. The zero-order valence-electron chi connectivity index (χ0n) is 13.5. The van der Waals surface area contributed by atoms with E-state index in [9.17, 15) is 4.39 Å². The minimum absolute atomic E-state index is 0.148. The first-order valence-electron chi connectivity index (χ1n) is 7.84. The molecule has 0 atom stereocenters. The second-order valence-corrected chi connectivity index (χ2v) is 6.92. The van der Waals surface area contributed by atoms with Gasteiger partial charge in [0.25, 0.3) is 0 Å². The van der Waals surface area contributed by atoms with Crippen molar-refractivity contribution < 1.29 is 8.91 Å². The predicted octanol–water partition coefficient (Wildman–Crippen LogP) is 3.51. The Bertz CT molecular complexity index is 661. The van der Waals surface area contributed by atoms with E-state index in [1.807, 2.05) is 26.0 Å². The van der Waals surface area contributed by atoms with E-state index in [0.717, 1.165) is 49.7 Å². The highest BCUT2D eigenvalue weighted by Crippen LogP contribution is 2.21. The Balaban J connectivity index is 1.55. The van der Waals surface area contributed by atoms with E-state index in [1.165, 1.54) is 5.56 Å². The molecule has 124 valence electrons. The van der Waals surface area contributed by atoms with Crippen LogP contribution in [0.5, 0.6) is 0 Å². The first-order chi connectivity index (χ1) is 11.0. The maximum Gasteiger partial charge on any atom is 0.141 e. The highest BCUT2D eigenvalue weighted by atomic mass is 79.9. The molecule has 0 amide bonds. The Labute approximate surface area is 144 Å². The van der Waals surface area contributed by atoms with Crippen molar-refractivity contribution in [2.45, 2.75) is 26.9 Å². The Kier molecular flexibility index (Phi) is 5.14. The van der Waals surface area contributed by atoms with Gasteiger partial charge in [-0.25, -0.2) is 4.39 Å². The van der Waals surface area contributed by atoms with Crippen LogP contribution in [-0.2, 0) is 13.1 Å². The number of piperazine rings is 1. The van der Waals surface area contributed by atoms with Gasteiger partial charge in [-0.2, -0.15) is 0 Å². The van der Waals surface area contributed by atoms with Crippen molar-refractivity contribution in [1.82, 2.24) is 15.0 Å². The lowest BCUT2D eigenvalue weighted by atomic mass is 10.1. The molecule has 0 N–H and O–H groups in total. The summed E-state index contributed by atoms with van der Waals surface area (Å²) < 4.78 is 19.8. The number of aromatic nitrogens is 1. The summed E-state index contributed by atoms with van der Waals surface area (Å²) in [5.74, 6) is 0.756. The number of aryl methyl sites for hydroxylation is 2. The molecule has 1 fully saturated rings. The van der Waals surface area contributed by atoms with Gasteiger partial charge in [0.2, 0.25) is 0 Å². The predicted molar refractivity (Wildman–Crippen MR) is 90.6 cm³/mol. The van der Waals surface area contributed by atoms with Crippen LogP contribution < -0.4 is 0 Å². The van der Waals surface area contributed by atoms with E-state index in [2.05, 4.69) is 30.9 Å². The lowest BCUT2D eigenvalue weighted by Crippen LogP contribution is -2.45. The van der Waals surface area contributed by atoms with Gasteiger partial charge in [0.1, 0.15) is 11.6 Å². The molecule has 2 heterocycles. The molecule has 1 aromatic carbocycles. The number of benzene rings is 1. The number of halogens is 2. The lowest BCUT2D eigenvalue weighted by Gasteiger charge is -2.34. The number of rotatable bonds is 4. The summed E-state index contributed by atoms with van der Waals surface area (Å²) in [6.45, 7) is 9.30. The average Bonchev–Trinajstić information content (AvgIpc) is 2.85. The highest BCUT2D eigenvalue weighted by molar-refractivity contribution is 9.10. The molecular formula is C17H21BrFN3O. The Morgan fingerprint density at radius 1 is 1.13 bits per heavy atom. The van der Waals surface area contributed by atoms with Gasteiger partial charge in [-0.1, -0.05) is 17.3 Å². The van der Waals surface area contributed by atoms with Crippen molar-refractivity contribution >= 4 is 15.9 Å². The first-order valence-corrected chi connectivity index (χ1v) is 8.63. The summed E-state index contributed by atoms with van der Waals surface area (Å²) in [6.07, 6.45) is 0. The fourth-order valence-electron chi connectivity index (χ4n) is 2.97. The van der Waals surface area contributed by atoms with Gasteiger partial charge in [0.05, 0.1) is 10.2 Å². The second-order valence-electron chi connectivity index (χ2n) is 6.07. The quantitative estimate of drug-likeness (QED) is 0.810. The molecule has 0 radical (unpaired) electrons. The lowest BCUT2D eigenvalue weighted by molar-refractivity contribution is 0.120. The molecule has 2 aromatic rings. The van der Waals surface area contributed by atoms with Crippen LogP contribution in [0.2, 0.25) is 0 Å². The molecular weight excluding hydrogens is 361 g/mol. The van der Waals surface area contributed by atoms with E-state index in [0.29, 0.717) is 11.0 Å². The molecule has 0 spiro atoms. The average molecular weight is 382 g/mol. The standard InChI is InChI=1S/C17H21BrFN3O/c1-12-15(13(2)23-20-12)11-22-8-6-21(7-9-22)10-14-4-3-5-16(18)17(14)19/h3-5H,6-11H2,1-2H3. The summed E-state index contributed by atoms with van der Waals surface area (Å²) in [5, 5.41) is 4.01. The van der Waals surface area contributed by atoms with E-state index in [-0.39, 0.29) is 5.82 Å². The third-order valence-electron chi connectivity index (χ3n) is 4.45. The van der Waals surface area contributed by atoms with E-state index in [1.54, 1.807) is 6.07 Å². The highest BCUT2D eigenvalue weighted by Gasteiger charge is 2.20. The van der Waals surface area contributed by atoms with Crippen molar-refractivity contribution in [2.24, 2.45) is 0 Å². The normalized spacial score (nSPS) is 16.9. The number of hydrogen-bond acceptors (Lipinski definition) is 4. The van der Waals surface area contributed by atoms with Gasteiger partial charge in [0.15, 0.2) is 0 Å². The van der Waals surface area contributed by atoms with Gasteiger partial charge in [-0.05, 0) is 35.8 Å². The van der Waals surface area contributed by atoms with Crippen molar-refractivity contribution in [1.29, 1.82) is 0 Å². The fourth-order valence-corrected chi connectivity index (χ4v) is 3.38. The zero-order valence-corrected chi connectivity index (χ0v) is 15.1. The summed E-state index contributed by atoms with van der Waals surface area (Å²) in [7, 11) is 0. The van der Waals surface area contributed by atoms with Gasteiger partial charge in [-0.15, -0.1) is 0 Å². The van der Waals surface area contributed by atoms with E-state index >= 15 is 0 Å². The summed E-state index contributed by atoms with van der Waals surface area (Å²) in [4.78, 5) is 4.70. The van der Waals surface area contributed by atoms with Crippen LogP contribution in [0.25, 0.3) is 0 Å². The Morgan fingerprint density at radius 2 is 1.78 bits per heavy atom. The van der Waals surface area contributed by atoms with Gasteiger partial charge >= 0.3 is 0 Å². The monoisotopic (exact) mass is 381 g/mol. The minimum atomic E-state index is -0.148. The van der Waals surface area contributed by atoms with Crippen molar-refractivity contribution in [3.8, 4) is 0 Å². The van der Waals surface area contributed by atoms with Crippen LogP contribution in [0, 0.1) is 19.7 Å². The molecule has 6 heteroatoms. The maximum atomic E-state index is 14.1. The molecule has 1 aliphatic heterocycles. The number of hydrogen-bond donors (Lipinski definition) is 0. The zero-order chi connectivity index (χ0) is 16.4. The molecule has 1 aromatic heterocycles. The van der Waals surface area contributed by atoms with Crippen molar-refractivity contribution in [3.05, 3.63) is 51.1 Å². The molecule has 0 unspecified atom stereocenters. The topological polar surface area (TPSA) is 32.5 Å². The molecule has 4 nitrogen and oxygen atoms in total. The second kappa shape index (κ2) is 7.11. The third-order valence-corrected chi connectivity index (χ3v) is 5.07. The smallest absolute Gasteiger partial charge is 0.141 e. The van der Waals surface area contributed by atoms with Crippen molar-refractivity contribution in [2.75, 3.05) is 26.2 Å². The van der Waals surface area contributed by atoms with E-state index in [4.69, 9.17) is 4.52 Å². The molecule has 0 saturated carbocycles. The van der Waals surface area contributed by atoms with Crippen LogP contribution in [0.15, 0.2) is 27.2 Å². The summed E-state index contributed by atoms with van der Waals surface area (Å²) >= 11 is 3.25. The van der Waals surface area contributed by atoms with Gasteiger partial charge in [0, 0.05) is 50.4 Å². The summed E-state index contributed by atoms with van der Waals surface area (Å²) in [6, 6.07) is 5.48. The fraction of sp³-hybridized carbons (Fsp3) is 0.471. The third kappa shape index (κ3) is 3.82. The summed E-state index contributed by atoms with van der Waals surface area (Å²) in [5.41, 5.74) is 2.91. The SMILES string of the molecule is Cc1noc(C)c1CN1CCN(Cc2cccc(Br)c2F)CC1. The van der Waals surface area contributed by atoms with Crippen molar-refractivity contribution in [3.63, 3.8) is 0 Å². The van der Waals surface area contributed by atoms with Crippen LogP contribution in [0.4, 0.5) is 4.39 Å². The molecule has 0 bridgehead atoms. The van der Waals surface area contributed by atoms with Crippen LogP contribution >= 0.6 is 15.9 Å². The van der Waals surface area contributed by atoms with Gasteiger partial charge in [-0.3, -0.25) is 9.80 Å². The molecule has 1 aliphatic rings. The van der Waals surface area contributed by atoms with Crippen LogP contribution in [0.3, 0.4) is 0 Å².